The molecule has 9 nitrogen and oxygen atoms in total. The van der Waals surface area contributed by atoms with E-state index < -0.39 is 0 Å². The Morgan fingerprint density at radius 3 is 2.43 bits per heavy atom. The highest BCUT2D eigenvalue weighted by atomic mass is 16.5. The molecule has 2 aromatic heterocycles. The van der Waals surface area contributed by atoms with Crippen molar-refractivity contribution in [3.63, 3.8) is 0 Å². The summed E-state index contributed by atoms with van der Waals surface area (Å²) in [6, 6.07) is 22.4. The Morgan fingerprint density at radius 1 is 0.857 bits per heavy atom. The monoisotopic (exact) mass is 663 g/mol. The number of benzene rings is 3. The van der Waals surface area contributed by atoms with Gasteiger partial charge in [0.1, 0.15) is 11.6 Å². The van der Waals surface area contributed by atoms with Gasteiger partial charge in [-0.3, -0.25) is 9.78 Å². The van der Waals surface area contributed by atoms with Crippen LogP contribution in [0.3, 0.4) is 0 Å². The van der Waals surface area contributed by atoms with E-state index in [4.69, 9.17) is 24.2 Å². The summed E-state index contributed by atoms with van der Waals surface area (Å²) in [5.41, 5.74) is 8.50. The number of ether oxygens (including phenoxy) is 3. The Morgan fingerprint density at radius 2 is 1.63 bits per heavy atom. The van der Waals surface area contributed by atoms with Crippen LogP contribution in [0.5, 0.6) is 5.75 Å². The maximum Gasteiger partial charge on any atom is 0.253 e. The lowest BCUT2D eigenvalue weighted by Gasteiger charge is -2.21. The van der Waals surface area contributed by atoms with Gasteiger partial charge in [-0.1, -0.05) is 30.3 Å². The van der Waals surface area contributed by atoms with Gasteiger partial charge >= 0.3 is 0 Å². The van der Waals surface area contributed by atoms with E-state index in [1.165, 1.54) is 35.2 Å². The molecule has 1 aliphatic rings. The van der Waals surface area contributed by atoms with Crippen molar-refractivity contribution >= 4 is 33.5 Å². The Labute approximate surface area is 289 Å². The average Bonchev–Trinajstić information content (AvgIpc) is 3.47. The van der Waals surface area contributed by atoms with E-state index >= 15 is 0 Å². The van der Waals surface area contributed by atoms with Crippen molar-refractivity contribution in [2.45, 2.75) is 59.4 Å². The number of imidazole rings is 1. The van der Waals surface area contributed by atoms with Crippen molar-refractivity contribution in [1.29, 1.82) is 0 Å². The van der Waals surface area contributed by atoms with Gasteiger partial charge in [0.2, 0.25) is 0 Å². The zero-order chi connectivity index (χ0) is 34.0. The molecule has 0 spiro atoms. The minimum absolute atomic E-state index is 0.0292. The number of amides is 1. The first kappa shape index (κ1) is 34.4. The molecule has 0 bridgehead atoms. The van der Waals surface area contributed by atoms with Gasteiger partial charge in [-0.2, -0.15) is 0 Å². The predicted molar refractivity (Wildman–Crippen MR) is 196 cm³/mol. The summed E-state index contributed by atoms with van der Waals surface area (Å²) in [4.78, 5) is 24.9. The maximum absolute atomic E-state index is 13.1. The van der Waals surface area contributed by atoms with E-state index in [1.807, 2.05) is 56.0 Å². The fraction of sp³-hybridized carbons (Fsp3) is 0.425. The molecule has 3 aromatic carbocycles. The number of anilines is 1. The van der Waals surface area contributed by atoms with Crippen molar-refractivity contribution in [2.24, 2.45) is 0 Å². The second kappa shape index (κ2) is 16.8. The molecule has 9 heteroatoms. The highest BCUT2D eigenvalue weighted by Gasteiger charge is 2.19. The van der Waals surface area contributed by atoms with Gasteiger partial charge in [0, 0.05) is 54.9 Å². The predicted octanol–water partition coefficient (Wildman–Crippen LogP) is 7.08. The van der Waals surface area contributed by atoms with Crippen molar-refractivity contribution in [3.05, 3.63) is 94.9 Å². The van der Waals surface area contributed by atoms with Crippen molar-refractivity contribution in [2.75, 3.05) is 58.0 Å². The first-order valence-corrected chi connectivity index (χ1v) is 17.9. The number of carbonyl (C=O) groups is 1. The molecule has 2 heterocycles. The van der Waals surface area contributed by atoms with Crippen LogP contribution in [0.2, 0.25) is 0 Å². The molecule has 0 fully saturated rings. The minimum Gasteiger partial charge on any atom is -0.494 e. The summed E-state index contributed by atoms with van der Waals surface area (Å²) >= 11 is 0. The molecule has 0 saturated heterocycles. The van der Waals surface area contributed by atoms with Crippen molar-refractivity contribution < 1.29 is 19.0 Å². The van der Waals surface area contributed by atoms with Crippen LogP contribution in [0.1, 0.15) is 66.6 Å². The van der Waals surface area contributed by atoms with Crippen LogP contribution in [0.4, 0.5) is 5.69 Å². The largest absolute Gasteiger partial charge is 0.494 e. The van der Waals surface area contributed by atoms with Crippen LogP contribution in [-0.4, -0.2) is 78.0 Å². The van der Waals surface area contributed by atoms with Crippen LogP contribution < -0.4 is 10.1 Å². The highest BCUT2D eigenvalue weighted by Crippen LogP contribution is 2.33. The van der Waals surface area contributed by atoms with Crippen LogP contribution in [0.25, 0.3) is 21.9 Å². The number of hydrogen-bond donors (Lipinski definition) is 1. The average molecular weight is 664 g/mol. The van der Waals surface area contributed by atoms with Gasteiger partial charge < -0.3 is 29.0 Å². The summed E-state index contributed by atoms with van der Waals surface area (Å²) in [5, 5.41) is 4.85. The molecule has 49 heavy (non-hydrogen) atoms. The summed E-state index contributed by atoms with van der Waals surface area (Å²) in [7, 11) is 0. The molecule has 5 aromatic rings. The van der Waals surface area contributed by atoms with Crippen LogP contribution in [-0.2, 0) is 35.3 Å². The summed E-state index contributed by atoms with van der Waals surface area (Å²) in [6.45, 7) is 11.5. The number of fused-ring (bicyclic) bond motifs is 3. The fourth-order valence-electron chi connectivity index (χ4n) is 6.74. The summed E-state index contributed by atoms with van der Waals surface area (Å²) < 4.78 is 19.8. The lowest BCUT2D eigenvalue weighted by molar-refractivity contribution is 0.0486. The third-order valence-corrected chi connectivity index (χ3v) is 9.27. The fourth-order valence-corrected chi connectivity index (χ4v) is 6.74. The number of pyridine rings is 1. The number of aromatic nitrogens is 3. The van der Waals surface area contributed by atoms with E-state index in [-0.39, 0.29) is 5.91 Å². The number of nitrogens with zero attached hydrogens (tertiary/aromatic N) is 4. The maximum atomic E-state index is 13.1. The number of hydrogen-bond acceptors (Lipinski definition) is 7. The Kier molecular flexibility index (Phi) is 11.8. The second-order valence-electron chi connectivity index (χ2n) is 12.4. The third-order valence-electron chi connectivity index (χ3n) is 9.27. The zero-order valence-electron chi connectivity index (χ0n) is 29.2. The van der Waals surface area contributed by atoms with Gasteiger partial charge in [0.05, 0.1) is 49.6 Å². The molecule has 0 saturated carbocycles. The van der Waals surface area contributed by atoms with Gasteiger partial charge in [-0.05, 0) is 94.0 Å². The third kappa shape index (κ3) is 8.23. The normalized spacial score (nSPS) is 12.7. The zero-order valence-corrected chi connectivity index (χ0v) is 29.2. The van der Waals surface area contributed by atoms with E-state index in [1.54, 1.807) is 0 Å². The molecule has 0 unspecified atom stereocenters. The van der Waals surface area contributed by atoms with Gasteiger partial charge in [-0.15, -0.1) is 0 Å². The first-order chi connectivity index (χ1) is 24.1. The van der Waals surface area contributed by atoms with Crippen LogP contribution >= 0.6 is 0 Å². The summed E-state index contributed by atoms with van der Waals surface area (Å²) in [6.07, 6.45) is 5.21. The topological polar surface area (TPSA) is 90.7 Å². The summed E-state index contributed by atoms with van der Waals surface area (Å²) in [5.74, 6) is 1.82. The Hall–Kier alpha value is -4.47. The Balaban J connectivity index is 1.04. The first-order valence-electron chi connectivity index (χ1n) is 17.9. The van der Waals surface area contributed by atoms with E-state index in [9.17, 15) is 4.79 Å². The molecule has 0 aliphatic heterocycles. The minimum atomic E-state index is 0.0292. The SMILES string of the molecule is CCOc1ccc(Cc2nc3cc(C(=O)N(CC)CC)ccc3n2CCOCCOCCNc2c3c(nc4ccccc24)CCCC3)cc1. The van der Waals surface area contributed by atoms with Crippen LogP contribution in [0, 0.1) is 0 Å². The number of rotatable bonds is 17. The Bertz CT molecular complexity index is 1850. The molecular formula is C40H49N5O4. The van der Waals surface area contributed by atoms with E-state index in [0.717, 1.165) is 53.1 Å². The molecule has 6 rings (SSSR count). The van der Waals surface area contributed by atoms with Crippen molar-refractivity contribution in [1.82, 2.24) is 19.4 Å². The smallest absolute Gasteiger partial charge is 0.253 e. The molecular weight excluding hydrogens is 614 g/mol. The van der Waals surface area contributed by atoms with Gasteiger partial charge in [0.15, 0.2) is 0 Å². The van der Waals surface area contributed by atoms with Crippen molar-refractivity contribution in [3.8, 4) is 5.75 Å². The molecule has 258 valence electrons. The number of carbonyl (C=O) groups excluding carboxylic acids is 1. The molecule has 1 N–H and O–H groups in total. The van der Waals surface area contributed by atoms with E-state index in [0.29, 0.717) is 64.7 Å². The van der Waals surface area contributed by atoms with Gasteiger partial charge in [-0.25, -0.2) is 4.98 Å². The quantitative estimate of drug-likeness (QED) is 0.106. The lowest BCUT2D eigenvalue weighted by Crippen LogP contribution is -2.30. The molecule has 0 atom stereocenters. The molecule has 1 aliphatic carbocycles. The number of aryl methyl sites for hydroxylation is 1. The molecule has 1 amide bonds. The number of nitrogens with one attached hydrogen (secondary N) is 1. The second-order valence-corrected chi connectivity index (χ2v) is 12.4. The number of para-hydroxylation sites is 1. The van der Waals surface area contributed by atoms with E-state index in [2.05, 4.69) is 46.3 Å². The van der Waals surface area contributed by atoms with Gasteiger partial charge in [0.25, 0.3) is 5.91 Å². The molecule has 0 radical (unpaired) electrons. The lowest BCUT2D eigenvalue weighted by atomic mass is 9.92. The van der Waals surface area contributed by atoms with Crippen LogP contribution in [0.15, 0.2) is 66.7 Å². The highest BCUT2D eigenvalue weighted by molar-refractivity contribution is 5.97. The standard InChI is InChI=1S/C40H49N5O4/c1-4-44(5-2)40(46)30-17-20-37-36(28-30)43-38(27-29-15-18-31(19-16-29)49-6-3)45(37)22-24-48-26-25-47-23-21-41-39-32-11-7-9-13-34(32)42-35-14-10-8-12-33(35)39/h7,9,11,13,15-20,28H,4-6,8,10,12,14,21-27H2,1-3H3,(H,41,42).